The average molecular weight is 551 g/mol. The Morgan fingerprint density at radius 3 is 1.38 bits per heavy atom. The molecule has 0 amide bonds. The summed E-state index contributed by atoms with van der Waals surface area (Å²) >= 11 is 0. The third-order valence-corrected chi connectivity index (χ3v) is 6.86. The fraction of sp³-hybridized carbons (Fsp3) is 0.929. The second kappa shape index (κ2) is 25.3. The van der Waals surface area contributed by atoms with E-state index < -0.39 is 32.5 Å². The molecule has 0 heterocycles. The lowest BCUT2D eigenvalue weighted by molar-refractivity contribution is -0.161. The normalized spacial score (nSPS) is 12.4. The summed E-state index contributed by atoms with van der Waals surface area (Å²) in [5.41, 5.74) is 0. The van der Waals surface area contributed by atoms with E-state index in [2.05, 4.69) is 18.4 Å². The van der Waals surface area contributed by atoms with Gasteiger partial charge in [-0.3, -0.25) is 14.1 Å². The van der Waals surface area contributed by atoms with Gasteiger partial charge in [0, 0.05) is 12.8 Å². The largest absolute Gasteiger partial charge is 0.469 e. The van der Waals surface area contributed by atoms with Gasteiger partial charge < -0.3 is 19.3 Å². The Kier molecular flexibility index (Phi) is 24.7. The molecule has 0 saturated carbocycles. The lowest BCUT2D eigenvalue weighted by Crippen LogP contribution is -2.29. The van der Waals surface area contributed by atoms with Crippen LogP contribution in [0.1, 0.15) is 149 Å². The summed E-state index contributed by atoms with van der Waals surface area (Å²) in [6, 6.07) is 0. The van der Waals surface area contributed by atoms with Gasteiger partial charge in [0.05, 0.1) is 6.61 Å². The van der Waals surface area contributed by atoms with Crippen molar-refractivity contribution in [3.8, 4) is 0 Å². The first-order valence-electron chi connectivity index (χ1n) is 14.8. The molecule has 0 aliphatic rings. The molecular formula is C28H55O8P. The van der Waals surface area contributed by atoms with Crippen molar-refractivity contribution >= 4 is 19.8 Å². The van der Waals surface area contributed by atoms with Crippen LogP contribution in [-0.4, -0.2) is 41.0 Å². The Morgan fingerprint density at radius 1 is 0.595 bits per heavy atom. The van der Waals surface area contributed by atoms with E-state index in [1.165, 1.54) is 77.0 Å². The predicted octanol–water partition coefficient (Wildman–Crippen LogP) is 7.78. The molecule has 0 aromatic heterocycles. The minimum atomic E-state index is -4.73. The first-order chi connectivity index (χ1) is 17.8. The third kappa shape index (κ3) is 27.9. The maximum atomic E-state index is 12.2. The number of phosphoric acid groups is 1. The Labute approximate surface area is 225 Å². The molecule has 2 N–H and O–H groups in total. The van der Waals surface area contributed by atoms with Crippen molar-refractivity contribution in [2.75, 3.05) is 13.2 Å². The van der Waals surface area contributed by atoms with Crippen molar-refractivity contribution in [1.29, 1.82) is 0 Å². The monoisotopic (exact) mass is 550 g/mol. The van der Waals surface area contributed by atoms with Gasteiger partial charge in [-0.2, -0.15) is 0 Å². The zero-order valence-electron chi connectivity index (χ0n) is 23.6. The van der Waals surface area contributed by atoms with Gasteiger partial charge in [0.1, 0.15) is 6.61 Å². The standard InChI is InChI=1S/C28H55O8P/c1-3-5-7-9-11-13-15-17-19-21-23-28(30)36-26(25-35-37(31,32)33)24-34-27(29)22-20-18-16-14-12-10-8-6-4-2/h26H,3-25H2,1-2H3,(H2,31,32,33)/t26-/m0/s1. The zero-order chi connectivity index (χ0) is 27.6. The van der Waals surface area contributed by atoms with Crippen molar-refractivity contribution in [3.63, 3.8) is 0 Å². The van der Waals surface area contributed by atoms with Crippen LogP contribution in [0, 0.1) is 0 Å². The van der Waals surface area contributed by atoms with E-state index in [1.54, 1.807) is 0 Å². The number of hydrogen-bond acceptors (Lipinski definition) is 6. The highest BCUT2D eigenvalue weighted by molar-refractivity contribution is 7.46. The van der Waals surface area contributed by atoms with Crippen molar-refractivity contribution in [2.45, 2.75) is 155 Å². The van der Waals surface area contributed by atoms with Gasteiger partial charge in [-0.15, -0.1) is 0 Å². The highest BCUT2D eigenvalue weighted by Gasteiger charge is 2.22. The molecule has 0 rings (SSSR count). The second-order valence-corrected chi connectivity index (χ2v) is 11.3. The fourth-order valence-electron chi connectivity index (χ4n) is 4.14. The SMILES string of the molecule is CCCCCCCCCCCCC(=O)O[C@@H](COC(=O)CCCCCCCCCCC)COP(=O)(O)O. The number of esters is 2. The molecule has 0 saturated heterocycles. The number of carbonyl (C=O) groups is 2. The van der Waals surface area contributed by atoms with Crippen LogP contribution >= 0.6 is 7.82 Å². The molecule has 0 unspecified atom stereocenters. The van der Waals surface area contributed by atoms with E-state index in [-0.39, 0.29) is 19.4 Å². The van der Waals surface area contributed by atoms with Gasteiger partial charge in [0.25, 0.3) is 0 Å². The van der Waals surface area contributed by atoms with E-state index in [0.29, 0.717) is 6.42 Å². The minimum absolute atomic E-state index is 0.218. The van der Waals surface area contributed by atoms with Crippen molar-refractivity contribution < 1.29 is 37.9 Å². The van der Waals surface area contributed by atoms with Gasteiger partial charge in [-0.25, -0.2) is 4.57 Å². The summed E-state index contributed by atoms with van der Waals surface area (Å²) in [6.45, 7) is 3.61. The van der Waals surface area contributed by atoms with Crippen LogP contribution in [0.2, 0.25) is 0 Å². The molecule has 0 radical (unpaired) electrons. The summed E-state index contributed by atoms with van der Waals surface area (Å²) in [6.07, 6.45) is 21.2. The summed E-state index contributed by atoms with van der Waals surface area (Å²) in [4.78, 5) is 42.2. The van der Waals surface area contributed by atoms with Crippen LogP contribution in [0.5, 0.6) is 0 Å². The first kappa shape index (κ1) is 36.0. The van der Waals surface area contributed by atoms with E-state index >= 15 is 0 Å². The van der Waals surface area contributed by atoms with Gasteiger partial charge in [-0.1, -0.05) is 123 Å². The van der Waals surface area contributed by atoms with E-state index in [0.717, 1.165) is 38.5 Å². The number of rotatable bonds is 27. The molecule has 0 aliphatic carbocycles. The molecule has 8 nitrogen and oxygen atoms in total. The average Bonchev–Trinajstić information content (AvgIpc) is 2.85. The fourth-order valence-corrected chi connectivity index (χ4v) is 4.50. The lowest BCUT2D eigenvalue weighted by Gasteiger charge is -2.18. The van der Waals surface area contributed by atoms with Crippen LogP contribution in [0.3, 0.4) is 0 Å². The maximum absolute atomic E-state index is 12.2. The lowest BCUT2D eigenvalue weighted by atomic mass is 10.1. The number of hydrogen-bond donors (Lipinski definition) is 2. The first-order valence-corrected chi connectivity index (χ1v) is 16.4. The highest BCUT2D eigenvalue weighted by atomic mass is 31.2. The van der Waals surface area contributed by atoms with Crippen molar-refractivity contribution in [1.82, 2.24) is 0 Å². The quantitative estimate of drug-likeness (QED) is 0.0604. The minimum Gasteiger partial charge on any atom is -0.462 e. The Bertz CT molecular complexity index is 593. The molecule has 0 aliphatic heterocycles. The molecular weight excluding hydrogens is 495 g/mol. The number of carbonyl (C=O) groups excluding carboxylic acids is 2. The summed E-state index contributed by atoms with van der Waals surface area (Å²) < 4.78 is 26.0. The molecule has 0 aromatic carbocycles. The van der Waals surface area contributed by atoms with Crippen LogP contribution in [0.4, 0.5) is 0 Å². The summed E-state index contributed by atoms with van der Waals surface area (Å²) in [5.74, 6) is -0.885. The van der Waals surface area contributed by atoms with Crippen molar-refractivity contribution in [2.24, 2.45) is 0 Å². The van der Waals surface area contributed by atoms with E-state index in [4.69, 9.17) is 19.3 Å². The summed E-state index contributed by atoms with van der Waals surface area (Å²) in [7, 11) is -4.73. The van der Waals surface area contributed by atoms with E-state index in [9.17, 15) is 14.2 Å². The van der Waals surface area contributed by atoms with E-state index in [1.807, 2.05) is 0 Å². The molecule has 0 bridgehead atoms. The molecule has 0 spiro atoms. The number of phosphoric ester groups is 1. The van der Waals surface area contributed by atoms with Crippen LogP contribution in [0.15, 0.2) is 0 Å². The molecule has 0 aromatic rings. The Morgan fingerprint density at radius 2 is 0.973 bits per heavy atom. The second-order valence-electron chi connectivity index (χ2n) is 10.1. The Hall–Kier alpha value is -0.950. The van der Waals surface area contributed by atoms with Gasteiger partial charge >= 0.3 is 19.8 Å². The maximum Gasteiger partial charge on any atom is 0.469 e. The topological polar surface area (TPSA) is 119 Å². The molecule has 0 fully saturated rings. The molecule has 37 heavy (non-hydrogen) atoms. The van der Waals surface area contributed by atoms with Crippen LogP contribution in [0.25, 0.3) is 0 Å². The molecule has 9 heteroatoms. The number of ether oxygens (including phenoxy) is 2. The van der Waals surface area contributed by atoms with Gasteiger partial charge in [0.15, 0.2) is 6.10 Å². The van der Waals surface area contributed by atoms with Gasteiger partial charge in [-0.05, 0) is 12.8 Å². The predicted molar refractivity (Wildman–Crippen MR) is 147 cm³/mol. The van der Waals surface area contributed by atoms with Crippen molar-refractivity contribution in [3.05, 3.63) is 0 Å². The highest BCUT2D eigenvalue weighted by Crippen LogP contribution is 2.35. The van der Waals surface area contributed by atoms with Crippen LogP contribution in [-0.2, 0) is 28.2 Å². The van der Waals surface area contributed by atoms with Gasteiger partial charge in [0.2, 0.25) is 0 Å². The van der Waals surface area contributed by atoms with Crippen LogP contribution < -0.4 is 0 Å². The Balaban J connectivity index is 4.07. The third-order valence-electron chi connectivity index (χ3n) is 6.38. The smallest absolute Gasteiger partial charge is 0.462 e. The molecule has 220 valence electrons. The summed E-state index contributed by atoms with van der Waals surface area (Å²) in [5, 5.41) is 0. The zero-order valence-corrected chi connectivity index (χ0v) is 24.5. The number of unbranched alkanes of at least 4 members (excludes halogenated alkanes) is 17. The molecule has 1 atom stereocenters.